The highest BCUT2D eigenvalue weighted by atomic mass is 19.1. The van der Waals surface area contributed by atoms with Gasteiger partial charge in [0.15, 0.2) is 0 Å². The molecule has 0 spiro atoms. The summed E-state index contributed by atoms with van der Waals surface area (Å²) in [5.41, 5.74) is -0.0973. The van der Waals surface area contributed by atoms with Crippen LogP contribution in [0.3, 0.4) is 0 Å². The number of ether oxygens (including phenoxy) is 1. The van der Waals surface area contributed by atoms with Crippen LogP contribution in [0.25, 0.3) is 0 Å². The molecule has 6 nitrogen and oxygen atoms in total. The van der Waals surface area contributed by atoms with Gasteiger partial charge in [0.2, 0.25) is 0 Å². The van der Waals surface area contributed by atoms with Crippen molar-refractivity contribution in [3.63, 3.8) is 0 Å². The Balaban J connectivity index is 1.98. The maximum Gasteiger partial charge on any atom is 0.410 e. The van der Waals surface area contributed by atoms with Crippen LogP contribution in [0.1, 0.15) is 38.8 Å². The topological polar surface area (TPSA) is 78.9 Å². The third-order valence-electron chi connectivity index (χ3n) is 3.69. The molecule has 0 radical (unpaired) electrons. The highest BCUT2D eigenvalue weighted by Crippen LogP contribution is 2.20. The Morgan fingerprint density at radius 2 is 1.96 bits per heavy atom. The molecule has 1 aliphatic rings. The van der Waals surface area contributed by atoms with Crippen LogP contribution in [0, 0.1) is 5.82 Å². The summed E-state index contributed by atoms with van der Waals surface area (Å²) in [6.45, 7) is 6.27. The van der Waals surface area contributed by atoms with Crippen LogP contribution in [-0.2, 0) is 9.53 Å². The van der Waals surface area contributed by atoms with Gasteiger partial charge in [-0.15, -0.1) is 0 Å². The van der Waals surface area contributed by atoms with Crippen molar-refractivity contribution in [3.8, 4) is 0 Å². The number of hydrogen-bond donors (Lipinski definition) is 2. The van der Waals surface area contributed by atoms with Crippen LogP contribution >= 0.6 is 0 Å². The predicted octanol–water partition coefficient (Wildman–Crippen LogP) is 2.55. The van der Waals surface area contributed by atoms with Crippen LogP contribution in [-0.4, -0.2) is 46.8 Å². The van der Waals surface area contributed by atoms with Crippen LogP contribution in [0.5, 0.6) is 0 Å². The zero-order valence-electron chi connectivity index (χ0n) is 14.1. The molecule has 1 saturated heterocycles. The maximum absolute atomic E-state index is 13.0. The van der Waals surface area contributed by atoms with Gasteiger partial charge in [0.25, 0.3) is 0 Å². The molecular formula is C17H23FN2O4. The molecule has 1 amide bonds. The van der Waals surface area contributed by atoms with Crippen LogP contribution < -0.4 is 5.32 Å². The number of nitrogens with one attached hydrogen (secondary N) is 1. The number of nitrogens with zero attached hydrogens (tertiary/aromatic N) is 1. The summed E-state index contributed by atoms with van der Waals surface area (Å²) in [5.74, 6) is -1.46. The SMILES string of the molecule is CC(C)(C)OC(=O)N1CCC(NC(C(=O)O)c2ccc(F)cc2)C1. The minimum absolute atomic E-state index is 0.163. The van der Waals surface area contributed by atoms with E-state index in [1.165, 1.54) is 24.3 Å². The van der Waals surface area contributed by atoms with E-state index in [9.17, 15) is 19.1 Å². The van der Waals surface area contributed by atoms with Crippen molar-refractivity contribution in [2.45, 2.75) is 44.9 Å². The Bertz CT molecular complexity index is 598. The molecule has 2 N–H and O–H groups in total. The number of aliphatic carboxylic acids is 1. The van der Waals surface area contributed by atoms with Gasteiger partial charge in [-0.3, -0.25) is 10.1 Å². The van der Waals surface area contributed by atoms with E-state index in [-0.39, 0.29) is 6.04 Å². The van der Waals surface area contributed by atoms with Gasteiger partial charge in [-0.1, -0.05) is 12.1 Å². The van der Waals surface area contributed by atoms with Crippen LogP contribution in [0.2, 0.25) is 0 Å². The quantitative estimate of drug-likeness (QED) is 0.882. The lowest BCUT2D eigenvalue weighted by atomic mass is 10.1. The van der Waals surface area contributed by atoms with Gasteiger partial charge >= 0.3 is 12.1 Å². The summed E-state index contributed by atoms with van der Waals surface area (Å²) in [6.07, 6.45) is 0.227. The number of carbonyl (C=O) groups is 2. The standard InChI is InChI=1S/C17H23FN2O4/c1-17(2,3)24-16(23)20-9-8-13(10-20)19-14(15(21)22)11-4-6-12(18)7-5-11/h4-7,13-14,19H,8-10H2,1-3H3,(H,21,22). The fraction of sp³-hybridized carbons (Fsp3) is 0.529. The molecule has 1 aromatic carbocycles. The van der Waals surface area contributed by atoms with Crippen molar-refractivity contribution in [1.82, 2.24) is 10.2 Å². The molecular weight excluding hydrogens is 315 g/mol. The third-order valence-corrected chi connectivity index (χ3v) is 3.69. The Labute approximate surface area is 140 Å². The molecule has 24 heavy (non-hydrogen) atoms. The fourth-order valence-electron chi connectivity index (χ4n) is 2.59. The molecule has 2 unspecified atom stereocenters. The highest BCUT2D eigenvalue weighted by molar-refractivity contribution is 5.75. The lowest BCUT2D eigenvalue weighted by Crippen LogP contribution is -2.41. The number of amides is 1. The van der Waals surface area contributed by atoms with Crippen molar-refractivity contribution in [3.05, 3.63) is 35.6 Å². The lowest BCUT2D eigenvalue weighted by molar-refractivity contribution is -0.139. The van der Waals surface area contributed by atoms with E-state index >= 15 is 0 Å². The second-order valence-corrected chi connectivity index (χ2v) is 6.90. The first-order chi connectivity index (χ1) is 11.2. The monoisotopic (exact) mass is 338 g/mol. The number of carboxylic acid groups (broad SMARTS) is 1. The highest BCUT2D eigenvalue weighted by Gasteiger charge is 2.32. The number of rotatable bonds is 4. The number of benzene rings is 1. The summed E-state index contributed by atoms with van der Waals surface area (Å²) >= 11 is 0. The van der Waals surface area contributed by atoms with Gasteiger partial charge in [0.05, 0.1) is 0 Å². The Kier molecular flexibility index (Phi) is 5.43. The van der Waals surface area contributed by atoms with E-state index in [0.717, 1.165) is 0 Å². The summed E-state index contributed by atoms with van der Waals surface area (Å²) in [5, 5.41) is 12.5. The number of likely N-dealkylation sites (tertiary alicyclic amines) is 1. The molecule has 1 heterocycles. The van der Waals surface area contributed by atoms with Crippen LogP contribution in [0.15, 0.2) is 24.3 Å². The van der Waals surface area contributed by atoms with Gasteiger partial charge in [0.1, 0.15) is 17.5 Å². The molecule has 0 aromatic heterocycles. The second kappa shape index (κ2) is 7.17. The zero-order chi connectivity index (χ0) is 17.9. The first kappa shape index (κ1) is 18.2. The van der Waals surface area contributed by atoms with Crippen LogP contribution in [0.4, 0.5) is 9.18 Å². The van der Waals surface area contributed by atoms with Crippen molar-refractivity contribution < 1.29 is 23.8 Å². The van der Waals surface area contributed by atoms with E-state index in [4.69, 9.17) is 4.74 Å². The molecule has 2 rings (SSSR count). The van der Waals surface area contributed by atoms with Gasteiger partial charge in [-0.2, -0.15) is 0 Å². The third kappa shape index (κ3) is 4.92. The molecule has 0 saturated carbocycles. The van der Waals surface area contributed by atoms with Gasteiger partial charge in [-0.05, 0) is 44.9 Å². The average molecular weight is 338 g/mol. The fourth-order valence-corrected chi connectivity index (χ4v) is 2.59. The number of carboxylic acids is 1. The smallest absolute Gasteiger partial charge is 0.410 e. The van der Waals surface area contributed by atoms with Gasteiger partial charge in [0, 0.05) is 19.1 Å². The minimum atomic E-state index is -1.04. The van der Waals surface area contributed by atoms with Crippen molar-refractivity contribution in [2.75, 3.05) is 13.1 Å². The van der Waals surface area contributed by atoms with Gasteiger partial charge in [-0.25, -0.2) is 9.18 Å². The lowest BCUT2D eigenvalue weighted by Gasteiger charge is -2.25. The second-order valence-electron chi connectivity index (χ2n) is 6.90. The normalized spacial score (nSPS) is 19.2. The van der Waals surface area contributed by atoms with E-state index in [1.54, 1.807) is 25.7 Å². The van der Waals surface area contributed by atoms with E-state index < -0.39 is 29.5 Å². The largest absolute Gasteiger partial charge is 0.480 e. The Morgan fingerprint density at radius 3 is 2.50 bits per heavy atom. The van der Waals surface area contributed by atoms with E-state index in [2.05, 4.69) is 5.32 Å². The molecule has 1 aliphatic heterocycles. The van der Waals surface area contributed by atoms with Crippen molar-refractivity contribution in [1.29, 1.82) is 0 Å². The molecule has 2 atom stereocenters. The number of hydrogen-bond acceptors (Lipinski definition) is 4. The molecule has 0 bridgehead atoms. The first-order valence-corrected chi connectivity index (χ1v) is 7.88. The zero-order valence-corrected chi connectivity index (χ0v) is 14.1. The first-order valence-electron chi connectivity index (χ1n) is 7.88. The summed E-state index contributed by atoms with van der Waals surface area (Å²) < 4.78 is 18.3. The molecule has 0 aliphatic carbocycles. The molecule has 1 fully saturated rings. The number of halogens is 1. The molecule has 7 heteroatoms. The Hall–Kier alpha value is -2.15. The van der Waals surface area contributed by atoms with Gasteiger partial charge < -0.3 is 14.7 Å². The van der Waals surface area contributed by atoms with E-state index in [1.807, 2.05) is 0 Å². The number of carbonyl (C=O) groups excluding carboxylic acids is 1. The molecule has 132 valence electrons. The minimum Gasteiger partial charge on any atom is -0.480 e. The Morgan fingerprint density at radius 1 is 1.33 bits per heavy atom. The summed E-state index contributed by atoms with van der Waals surface area (Å²) in [4.78, 5) is 25.1. The van der Waals surface area contributed by atoms with Crippen molar-refractivity contribution in [2.24, 2.45) is 0 Å². The average Bonchev–Trinajstić information content (AvgIpc) is 2.92. The summed E-state index contributed by atoms with van der Waals surface area (Å²) in [6, 6.07) is 4.24. The maximum atomic E-state index is 13.0. The predicted molar refractivity (Wildman–Crippen MR) is 86.1 cm³/mol. The van der Waals surface area contributed by atoms with Crippen molar-refractivity contribution >= 4 is 12.1 Å². The molecule has 1 aromatic rings. The van der Waals surface area contributed by atoms with E-state index in [0.29, 0.717) is 25.1 Å². The summed E-state index contributed by atoms with van der Waals surface area (Å²) in [7, 11) is 0.